The third-order valence-corrected chi connectivity index (χ3v) is 7.00. The van der Waals surface area contributed by atoms with Crippen LogP contribution in [0.2, 0.25) is 0 Å². The molecule has 39 heavy (non-hydrogen) atoms. The van der Waals surface area contributed by atoms with Gasteiger partial charge in [0, 0.05) is 24.5 Å². The number of aliphatic carboxylic acids is 1. The molecule has 2 aromatic rings. The van der Waals surface area contributed by atoms with Gasteiger partial charge in [0.2, 0.25) is 0 Å². The Balaban J connectivity index is 1.55. The Kier molecular flexibility index (Phi) is 8.02. The molecule has 6 N–H and O–H groups in total. The number of phenols is 1. The molecular weight excluding hydrogens is 516 g/mol. The van der Waals surface area contributed by atoms with Gasteiger partial charge in [0.05, 0.1) is 32.8 Å². The van der Waals surface area contributed by atoms with Crippen molar-refractivity contribution in [1.29, 1.82) is 0 Å². The number of aliphatic hydroxyl groups is 4. The molecule has 0 amide bonds. The maximum atomic E-state index is 12.5. The minimum absolute atomic E-state index is 0.0444. The molecule has 0 spiro atoms. The second kappa shape index (κ2) is 11.1. The lowest BCUT2D eigenvalue weighted by molar-refractivity contribution is -0.196. The summed E-state index contributed by atoms with van der Waals surface area (Å²) in [7, 11) is 2.85. The topological polar surface area (TPSA) is 192 Å². The first-order chi connectivity index (χ1) is 18.5. The van der Waals surface area contributed by atoms with Crippen LogP contribution in [0.4, 0.5) is 0 Å². The number of carbonyl (C=O) groups excluding carboxylic acids is 1. The number of phenolic OH excluding ortho intramolecular Hbond substituents is 1. The average Bonchev–Trinajstić information content (AvgIpc) is 3.28. The zero-order valence-electron chi connectivity index (χ0n) is 21.2. The fraction of sp³-hybridized carbons (Fsp3) is 0.407. The van der Waals surface area contributed by atoms with E-state index in [1.54, 1.807) is 24.3 Å². The summed E-state index contributed by atoms with van der Waals surface area (Å²) in [5.41, 5.74) is -0.603. The molecule has 0 aromatic heterocycles. The van der Waals surface area contributed by atoms with Crippen molar-refractivity contribution in [3.63, 3.8) is 0 Å². The van der Waals surface area contributed by atoms with E-state index in [4.69, 9.17) is 18.9 Å². The van der Waals surface area contributed by atoms with E-state index in [1.165, 1.54) is 26.4 Å². The number of hydrogen-bond acceptors (Lipinski definition) is 11. The van der Waals surface area contributed by atoms with Crippen LogP contribution in [0, 0.1) is 0 Å². The van der Waals surface area contributed by atoms with Crippen LogP contribution in [0.15, 0.2) is 36.4 Å². The molecule has 2 aromatic carbocycles. The highest BCUT2D eigenvalue weighted by atomic mass is 16.6. The van der Waals surface area contributed by atoms with E-state index in [0.717, 1.165) is 6.08 Å². The maximum absolute atomic E-state index is 12.5. The molecule has 1 aliphatic heterocycles. The lowest BCUT2D eigenvalue weighted by Crippen LogP contribution is -2.57. The van der Waals surface area contributed by atoms with Crippen molar-refractivity contribution < 1.29 is 59.2 Å². The summed E-state index contributed by atoms with van der Waals surface area (Å²) in [6.07, 6.45) is -3.99. The average molecular weight is 547 g/mol. The van der Waals surface area contributed by atoms with E-state index in [1.807, 2.05) is 0 Å². The van der Waals surface area contributed by atoms with Gasteiger partial charge in [-0.05, 0) is 41.5 Å². The molecule has 0 radical (unpaired) electrons. The fourth-order valence-corrected chi connectivity index (χ4v) is 4.92. The van der Waals surface area contributed by atoms with Crippen molar-refractivity contribution >= 4 is 18.0 Å². The normalized spacial score (nSPS) is 28.0. The second-order valence-corrected chi connectivity index (χ2v) is 9.51. The Morgan fingerprint density at radius 3 is 2.46 bits per heavy atom. The second-order valence-electron chi connectivity index (χ2n) is 9.51. The lowest BCUT2D eigenvalue weighted by Gasteiger charge is -2.39. The Morgan fingerprint density at radius 1 is 1.10 bits per heavy atom. The van der Waals surface area contributed by atoms with Crippen molar-refractivity contribution in [3.05, 3.63) is 53.1 Å². The molecule has 0 unspecified atom stereocenters. The Bertz CT molecular complexity index is 1270. The standard InChI is InChI=1S/C27H30O12/c1-36-19-9-14(4-5-17(19)29)24-16(12-28)15-7-13(8-20(37-2)25(15)39-24)3-6-22(31)38-21-11-27(35,26(33)34)10-18(30)23(21)32/h3-9,16,18,21,23-24,28-30,32,35H,10-12H2,1-2H3,(H,33,34)/t16-,18+,21+,23+,24-,27+/m1/s1. The van der Waals surface area contributed by atoms with Crippen LogP contribution in [-0.2, 0) is 14.3 Å². The van der Waals surface area contributed by atoms with Gasteiger partial charge in [0.15, 0.2) is 28.6 Å². The molecule has 12 heteroatoms. The molecule has 0 saturated heterocycles. The fourth-order valence-electron chi connectivity index (χ4n) is 4.92. The molecule has 12 nitrogen and oxygen atoms in total. The number of carbonyl (C=O) groups is 2. The molecule has 6 atom stereocenters. The monoisotopic (exact) mass is 546 g/mol. The van der Waals surface area contributed by atoms with Gasteiger partial charge in [-0.2, -0.15) is 0 Å². The summed E-state index contributed by atoms with van der Waals surface area (Å²) in [5.74, 6) is -2.11. The first kappa shape index (κ1) is 28.2. The molecule has 1 aliphatic carbocycles. The van der Waals surface area contributed by atoms with Crippen LogP contribution >= 0.6 is 0 Å². The predicted octanol–water partition coefficient (Wildman–Crippen LogP) is 0.875. The van der Waals surface area contributed by atoms with Gasteiger partial charge in [0.1, 0.15) is 18.3 Å². The number of aromatic hydroxyl groups is 1. The highest BCUT2D eigenvalue weighted by molar-refractivity contribution is 5.87. The van der Waals surface area contributed by atoms with E-state index < -0.39 is 60.7 Å². The van der Waals surface area contributed by atoms with Gasteiger partial charge < -0.3 is 49.6 Å². The minimum Gasteiger partial charge on any atom is -0.504 e. The summed E-state index contributed by atoms with van der Waals surface area (Å²) in [6, 6.07) is 8.02. The number of rotatable bonds is 8. The van der Waals surface area contributed by atoms with Crippen molar-refractivity contribution in [1.82, 2.24) is 0 Å². The van der Waals surface area contributed by atoms with Crippen LogP contribution in [-0.4, -0.2) is 87.3 Å². The highest BCUT2D eigenvalue weighted by Crippen LogP contribution is 2.51. The van der Waals surface area contributed by atoms with Crippen LogP contribution < -0.4 is 14.2 Å². The summed E-state index contributed by atoms with van der Waals surface area (Å²) in [6.45, 7) is -0.284. The maximum Gasteiger partial charge on any atom is 0.335 e. The first-order valence-corrected chi connectivity index (χ1v) is 12.1. The van der Waals surface area contributed by atoms with E-state index in [0.29, 0.717) is 28.2 Å². The summed E-state index contributed by atoms with van der Waals surface area (Å²) in [4.78, 5) is 23.9. The largest absolute Gasteiger partial charge is 0.504 e. The number of carboxylic acids is 1. The lowest BCUT2D eigenvalue weighted by atomic mass is 9.79. The van der Waals surface area contributed by atoms with Crippen LogP contribution in [0.1, 0.15) is 41.6 Å². The van der Waals surface area contributed by atoms with Gasteiger partial charge in [-0.15, -0.1) is 0 Å². The van der Waals surface area contributed by atoms with E-state index in [-0.39, 0.29) is 18.1 Å². The third-order valence-electron chi connectivity index (χ3n) is 7.00. The summed E-state index contributed by atoms with van der Waals surface area (Å²) < 4.78 is 21.9. The Morgan fingerprint density at radius 2 is 1.82 bits per heavy atom. The highest BCUT2D eigenvalue weighted by Gasteiger charge is 2.50. The van der Waals surface area contributed by atoms with E-state index in [2.05, 4.69) is 0 Å². The number of esters is 1. The molecule has 0 bridgehead atoms. The SMILES string of the molecule is COc1cc([C@H]2Oc3c(OC)cc(C=CC(=O)O[C@H]4C[C@](O)(C(=O)O)C[C@H](O)[C@@H]4O)cc3[C@H]2CO)ccc1O. The van der Waals surface area contributed by atoms with Gasteiger partial charge in [-0.25, -0.2) is 9.59 Å². The molecule has 1 heterocycles. The predicted molar refractivity (Wildman–Crippen MR) is 134 cm³/mol. The number of ether oxygens (including phenoxy) is 4. The molecule has 2 aliphatic rings. The molecule has 210 valence electrons. The number of hydrogen-bond donors (Lipinski definition) is 6. The third kappa shape index (κ3) is 5.50. The number of methoxy groups -OCH3 is 2. The van der Waals surface area contributed by atoms with Gasteiger partial charge in [0.25, 0.3) is 0 Å². The molecular formula is C27H30O12. The van der Waals surface area contributed by atoms with Crippen LogP contribution in [0.5, 0.6) is 23.0 Å². The van der Waals surface area contributed by atoms with Crippen molar-refractivity contribution in [2.75, 3.05) is 20.8 Å². The van der Waals surface area contributed by atoms with Gasteiger partial charge in [-0.1, -0.05) is 6.07 Å². The van der Waals surface area contributed by atoms with E-state index >= 15 is 0 Å². The Hall–Kier alpha value is -3.84. The molecule has 1 saturated carbocycles. The Labute approximate surface area is 223 Å². The number of fused-ring (bicyclic) bond motifs is 1. The number of aliphatic hydroxyl groups excluding tert-OH is 3. The van der Waals surface area contributed by atoms with E-state index in [9.17, 15) is 40.2 Å². The zero-order valence-corrected chi connectivity index (χ0v) is 21.2. The first-order valence-electron chi connectivity index (χ1n) is 12.1. The van der Waals surface area contributed by atoms with Gasteiger partial charge in [-0.3, -0.25) is 0 Å². The quantitative estimate of drug-likeness (QED) is 0.203. The van der Waals surface area contributed by atoms with Gasteiger partial charge >= 0.3 is 11.9 Å². The van der Waals surface area contributed by atoms with Crippen LogP contribution in [0.3, 0.4) is 0 Å². The summed E-state index contributed by atoms with van der Waals surface area (Å²) >= 11 is 0. The van der Waals surface area contributed by atoms with Crippen molar-refractivity contribution in [2.24, 2.45) is 0 Å². The molecule has 1 fully saturated rings. The van der Waals surface area contributed by atoms with Crippen molar-refractivity contribution in [3.8, 4) is 23.0 Å². The zero-order chi connectivity index (χ0) is 28.5. The number of carboxylic acid groups (broad SMARTS) is 1. The summed E-state index contributed by atoms with van der Waals surface area (Å²) in [5, 5.41) is 59.7. The van der Waals surface area contributed by atoms with Crippen LogP contribution in [0.25, 0.3) is 6.08 Å². The van der Waals surface area contributed by atoms with Crippen molar-refractivity contribution in [2.45, 2.75) is 48.8 Å². The smallest absolute Gasteiger partial charge is 0.335 e. The molecule has 4 rings (SSSR count). The minimum atomic E-state index is -2.35. The number of benzene rings is 2.